The maximum atomic E-state index is 14.7. The Morgan fingerprint density at radius 3 is 2.11 bits per heavy atom. The predicted octanol–water partition coefficient (Wildman–Crippen LogP) is 7.41. The highest BCUT2D eigenvalue weighted by Crippen LogP contribution is 2.35. The molecule has 1 N–H and O–H groups in total. The summed E-state index contributed by atoms with van der Waals surface area (Å²) < 4.78 is 35.0. The third-order valence-electron chi connectivity index (χ3n) is 7.65. The van der Waals surface area contributed by atoms with Gasteiger partial charge >= 0.3 is 0 Å². The van der Waals surface area contributed by atoms with Crippen LogP contribution in [0.15, 0.2) is 102 Å². The zero-order chi connectivity index (χ0) is 34.1. The Labute approximate surface area is 291 Å². The van der Waals surface area contributed by atoms with Crippen molar-refractivity contribution in [3.8, 4) is 5.75 Å². The Balaban J connectivity index is 1.87. The van der Waals surface area contributed by atoms with Gasteiger partial charge in [-0.25, -0.2) is 8.42 Å². The lowest BCUT2D eigenvalue weighted by molar-refractivity contribution is -0.140. The standard InChI is InChI=1S/C35H36Cl3N3O5S/c1-4-24(2)39-35(43)32(19-25-11-7-5-8-12-25)40(22-26-15-16-27(36)20-30(26)38)34(42)23-41(31-21-28(37)17-18-33(31)46-3)47(44,45)29-13-9-6-10-14-29/h5-18,20-21,24,32H,4,19,22-23H2,1-3H3,(H,39,43)/t24-,32-/m0/s1. The first-order valence-electron chi connectivity index (χ1n) is 14.9. The van der Waals surface area contributed by atoms with Gasteiger partial charge < -0.3 is 15.0 Å². The van der Waals surface area contributed by atoms with Gasteiger partial charge in [0.1, 0.15) is 18.3 Å². The fourth-order valence-electron chi connectivity index (χ4n) is 4.92. The predicted molar refractivity (Wildman–Crippen MR) is 188 cm³/mol. The van der Waals surface area contributed by atoms with E-state index in [1.54, 1.807) is 42.5 Å². The number of anilines is 1. The molecule has 0 saturated carbocycles. The van der Waals surface area contributed by atoms with Crippen LogP contribution in [0.2, 0.25) is 15.1 Å². The number of methoxy groups -OCH3 is 1. The molecule has 0 radical (unpaired) electrons. The lowest BCUT2D eigenvalue weighted by atomic mass is 10.0. The number of benzene rings is 4. The summed E-state index contributed by atoms with van der Waals surface area (Å²) in [5, 5.41) is 3.94. The molecule has 4 aromatic carbocycles. The molecule has 0 heterocycles. The van der Waals surface area contributed by atoms with E-state index in [4.69, 9.17) is 39.5 Å². The molecule has 0 fully saturated rings. The van der Waals surface area contributed by atoms with Gasteiger partial charge in [0.2, 0.25) is 11.8 Å². The summed E-state index contributed by atoms with van der Waals surface area (Å²) in [5.41, 5.74) is 1.39. The second-order valence-corrected chi connectivity index (χ2v) is 14.1. The molecular weight excluding hydrogens is 681 g/mol. The molecule has 8 nitrogen and oxygen atoms in total. The number of rotatable bonds is 14. The van der Waals surface area contributed by atoms with E-state index in [-0.39, 0.29) is 46.3 Å². The van der Waals surface area contributed by atoms with Crippen LogP contribution in [-0.2, 0) is 32.6 Å². The molecule has 0 spiro atoms. The minimum Gasteiger partial charge on any atom is -0.495 e. The summed E-state index contributed by atoms with van der Waals surface area (Å²) in [6.45, 7) is 3.03. The van der Waals surface area contributed by atoms with Crippen molar-refractivity contribution in [3.05, 3.63) is 123 Å². The Kier molecular flexibility index (Phi) is 12.6. The average Bonchev–Trinajstić information content (AvgIpc) is 3.06. The van der Waals surface area contributed by atoms with Crippen LogP contribution in [0.1, 0.15) is 31.4 Å². The number of sulfonamides is 1. The Bertz CT molecular complexity index is 1790. The summed E-state index contributed by atoms with van der Waals surface area (Å²) in [6, 6.07) is 25.2. The van der Waals surface area contributed by atoms with Gasteiger partial charge in [0.05, 0.1) is 17.7 Å². The zero-order valence-electron chi connectivity index (χ0n) is 26.2. The first kappa shape index (κ1) is 36.1. The highest BCUT2D eigenvalue weighted by molar-refractivity contribution is 7.92. The Morgan fingerprint density at radius 1 is 0.872 bits per heavy atom. The van der Waals surface area contributed by atoms with Crippen molar-refractivity contribution in [2.45, 2.75) is 50.2 Å². The molecule has 248 valence electrons. The zero-order valence-corrected chi connectivity index (χ0v) is 29.3. The minimum absolute atomic E-state index is 0.0440. The van der Waals surface area contributed by atoms with E-state index < -0.39 is 28.5 Å². The molecule has 4 aromatic rings. The second kappa shape index (κ2) is 16.4. The van der Waals surface area contributed by atoms with Crippen LogP contribution in [0.25, 0.3) is 0 Å². The summed E-state index contributed by atoms with van der Waals surface area (Å²) >= 11 is 19.1. The molecule has 0 unspecified atom stereocenters. The quantitative estimate of drug-likeness (QED) is 0.147. The average molecular weight is 717 g/mol. The van der Waals surface area contributed by atoms with Gasteiger partial charge in [-0.05, 0) is 66.9 Å². The second-order valence-electron chi connectivity index (χ2n) is 10.9. The van der Waals surface area contributed by atoms with Gasteiger partial charge in [-0.3, -0.25) is 13.9 Å². The number of nitrogens with one attached hydrogen (secondary N) is 1. The van der Waals surface area contributed by atoms with Gasteiger partial charge in [0, 0.05) is 34.1 Å². The van der Waals surface area contributed by atoms with E-state index in [1.165, 1.54) is 36.3 Å². The van der Waals surface area contributed by atoms with Crippen molar-refractivity contribution in [1.82, 2.24) is 10.2 Å². The van der Waals surface area contributed by atoms with Gasteiger partial charge in [0.25, 0.3) is 10.0 Å². The fraction of sp³-hybridized carbons (Fsp3) is 0.257. The minimum atomic E-state index is -4.34. The molecule has 0 saturated heterocycles. The Morgan fingerprint density at radius 2 is 1.49 bits per heavy atom. The normalized spacial score (nSPS) is 12.6. The van der Waals surface area contributed by atoms with Crippen LogP contribution >= 0.6 is 34.8 Å². The van der Waals surface area contributed by atoms with Crippen LogP contribution in [0.5, 0.6) is 5.75 Å². The highest BCUT2D eigenvalue weighted by atomic mass is 35.5. The van der Waals surface area contributed by atoms with E-state index in [2.05, 4.69) is 5.32 Å². The number of carbonyl (C=O) groups is 2. The van der Waals surface area contributed by atoms with Crippen LogP contribution in [0, 0.1) is 0 Å². The first-order chi connectivity index (χ1) is 22.4. The summed E-state index contributed by atoms with van der Waals surface area (Å²) in [6.07, 6.45) is 0.824. The maximum absolute atomic E-state index is 14.7. The van der Waals surface area contributed by atoms with Crippen LogP contribution in [0.4, 0.5) is 5.69 Å². The van der Waals surface area contributed by atoms with Crippen molar-refractivity contribution in [3.63, 3.8) is 0 Å². The summed E-state index contributed by atoms with van der Waals surface area (Å²) in [4.78, 5) is 30.0. The third-order valence-corrected chi connectivity index (χ3v) is 10.2. The maximum Gasteiger partial charge on any atom is 0.264 e. The van der Waals surface area contributed by atoms with Crippen molar-refractivity contribution < 1.29 is 22.7 Å². The number of halogens is 3. The third kappa shape index (κ3) is 9.20. The van der Waals surface area contributed by atoms with Crippen LogP contribution in [0.3, 0.4) is 0 Å². The number of carbonyl (C=O) groups excluding carboxylic acids is 2. The van der Waals surface area contributed by atoms with E-state index >= 15 is 0 Å². The summed E-state index contributed by atoms with van der Waals surface area (Å²) in [7, 11) is -2.95. The van der Waals surface area contributed by atoms with E-state index in [0.29, 0.717) is 22.0 Å². The number of hydrogen-bond acceptors (Lipinski definition) is 5. The fourth-order valence-corrected chi connectivity index (χ4v) is 6.99. The molecule has 0 aromatic heterocycles. The van der Waals surface area contributed by atoms with Crippen molar-refractivity contribution in [2.75, 3.05) is 18.0 Å². The molecule has 4 rings (SSSR count). The van der Waals surface area contributed by atoms with Crippen molar-refractivity contribution in [2.24, 2.45) is 0 Å². The molecule has 12 heteroatoms. The molecule has 0 bridgehead atoms. The van der Waals surface area contributed by atoms with Gasteiger partial charge in [-0.2, -0.15) is 0 Å². The lowest BCUT2D eigenvalue weighted by Gasteiger charge is -2.34. The summed E-state index contributed by atoms with van der Waals surface area (Å²) in [5.74, 6) is -0.860. The number of amides is 2. The number of ether oxygens (including phenoxy) is 1. The smallest absolute Gasteiger partial charge is 0.264 e. The molecule has 47 heavy (non-hydrogen) atoms. The topological polar surface area (TPSA) is 96.0 Å². The van der Waals surface area contributed by atoms with Crippen molar-refractivity contribution >= 4 is 62.3 Å². The van der Waals surface area contributed by atoms with Gasteiger partial charge in [0.15, 0.2) is 0 Å². The van der Waals surface area contributed by atoms with E-state index in [9.17, 15) is 18.0 Å². The molecule has 0 aliphatic carbocycles. The lowest BCUT2D eigenvalue weighted by Crippen LogP contribution is -2.54. The molecule has 2 amide bonds. The van der Waals surface area contributed by atoms with E-state index in [0.717, 1.165) is 9.87 Å². The van der Waals surface area contributed by atoms with E-state index in [1.807, 2.05) is 44.2 Å². The van der Waals surface area contributed by atoms with Gasteiger partial charge in [-0.1, -0.05) is 96.3 Å². The molecular formula is C35H36Cl3N3O5S. The largest absolute Gasteiger partial charge is 0.495 e. The SMILES string of the molecule is CC[C@H](C)NC(=O)[C@H](Cc1ccccc1)N(Cc1ccc(Cl)cc1Cl)C(=O)CN(c1cc(Cl)ccc1OC)S(=O)(=O)c1ccccc1. The molecule has 2 atom stereocenters. The molecule has 0 aliphatic heterocycles. The number of nitrogens with zero attached hydrogens (tertiary/aromatic N) is 2. The monoisotopic (exact) mass is 715 g/mol. The molecule has 0 aliphatic rings. The Hall–Kier alpha value is -3.76. The highest BCUT2D eigenvalue weighted by Gasteiger charge is 2.36. The number of hydrogen-bond donors (Lipinski definition) is 1. The van der Waals surface area contributed by atoms with Crippen molar-refractivity contribution in [1.29, 1.82) is 0 Å². The first-order valence-corrected chi connectivity index (χ1v) is 17.5. The van der Waals surface area contributed by atoms with Crippen LogP contribution in [-0.4, -0.2) is 50.9 Å². The van der Waals surface area contributed by atoms with Crippen LogP contribution < -0.4 is 14.4 Å². The van der Waals surface area contributed by atoms with Gasteiger partial charge in [-0.15, -0.1) is 0 Å².